The predicted octanol–water partition coefficient (Wildman–Crippen LogP) is 5.18. The topological polar surface area (TPSA) is 50.6 Å². The molecule has 1 amide bonds. The average molecular weight is 489 g/mol. The number of benzene rings is 3. The first-order chi connectivity index (χ1) is 17.5. The lowest BCUT2D eigenvalue weighted by Crippen LogP contribution is -2.49. The van der Waals surface area contributed by atoms with E-state index in [9.17, 15) is 13.6 Å². The highest BCUT2D eigenvalue weighted by Gasteiger charge is 2.26. The van der Waals surface area contributed by atoms with Crippen molar-refractivity contribution in [3.63, 3.8) is 0 Å². The molecule has 2 heterocycles. The summed E-state index contributed by atoms with van der Waals surface area (Å²) < 4.78 is 34.6. The molecular formula is C28H26F2N4O2. The van der Waals surface area contributed by atoms with Gasteiger partial charge in [0.05, 0.1) is 12.3 Å². The van der Waals surface area contributed by atoms with E-state index in [1.807, 2.05) is 31.2 Å². The number of para-hydroxylation sites is 2. The number of carbonyl (C=O) groups excluding carboxylic acids is 1. The van der Waals surface area contributed by atoms with Crippen molar-refractivity contribution in [1.82, 2.24) is 14.5 Å². The van der Waals surface area contributed by atoms with Gasteiger partial charge in [-0.3, -0.25) is 9.36 Å². The molecule has 1 saturated heterocycles. The molecule has 5 rings (SSSR count). The quantitative estimate of drug-likeness (QED) is 0.375. The Morgan fingerprint density at radius 1 is 0.889 bits per heavy atom. The van der Waals surface area contributed by atoms with E-state index < -0.39 is 0 Å². The van der Waals surface area contributed by atoms with Crippen molar-refractivity contribution >= 4 is 11.6 Å². The zero-order valence-corrected chi connectivity index (χ0v) is 19.9. The van der Waals surface area contributed by atoms with Gasteiger partial charge >= 0.3 is 0 Å². The standard InChI is InChI=1S/C28H26F2N4O2/c1-2-36-26-6-4-3-5-25(26)32-15-17-33(18-16-32)28(35)24-19-34(23-13-11-22(30)12-14-23)27(31-24)20-7-9-21(29)10-8-20/h3-14,19H,2,15-18H2,1H3. The average Bonchev–Trinajstić information content (AvgIpc) is 3.35. The van der Waals surface area contributed by atoms with Crippen molar-refractivity contribution in [3.8, 4) is 22.8 Å². The first-order valence-electron chi connectivity index (χ1n) is 11.9. The second kappa shape index (κ2) is 10.2. The fourth-order valence-electron chi connectivity index (χ4n) is 4.39. The van der Waals surface area contributed by atoms with Gasteiger partial charge in [0.15, 0.2) is 0 Å². The van der Waals surface area contributed by atoms with Gasteiger partial charge in [-0.25, -0.2) is 13.8 Å². The van der Waals surface area contributed by atoms with Crippen LogP contribution in [0, 0.1) is 11.6 Å². The number of carbonyl (C=O) groups is 1. The van der Waals surface area contributed by atoms with Gasteiger partial charge in [-0.05, 0) is 67.6 Å². The van der Waals surface area contributed by atoms with Gasteiger partial charge in [-0.1, -0.05) is 12.1 Å². The largest absolute Gasteiger partial charge is 0.492 e. The number of imidazole rings is 1. The summed E-state index contributed by atoms with van der Waals surface area (Å²) in [6.07, 6.45) is 1.66. The number of nitrogens with zero attached hydrogens (tertiary/aromatic N) is 4. The molecule has 36 heavy (non-hydrogen) atoms. The molecule has 0 saturated carbocycles. The summed E-state index contributed by atoms with van der Waals surface area (Å²) in [5.41, 5.74) is 2.60. The van der Waals surface area contributed by atoms with Crippen LogP contribution in [0.3, 0.4) is 0 Å². The van der Waals surface area contributed by atoms with Crippen LogP contribution in [0.25, 0.3) is 17.1 Å². The minimum Gasteiger partial charge on any atom is -0.492 e. The Morgan fingerprint density at radius 3 is 2.19 bits per heavy atom. The number of ether oxygens (including phenoxy) is 1. The van der Waals surface area contributed by atoms with Gasteiger partial charge in [0.25, 0.3) is 5.91 Å². The van der Waals surface area contributed by atoms with Crippen molar-refractivity contribution in [3.05, 3.63) is 96.3 Å². The fraction of sp³-hybridized carbons (Fsp3) is 0.214. The lowest BCUT2D eigenvalue weighted by atomic mass is 10.2. The van der Waals surface area contributed by atoms with Crippen LogP contribution in [0.5, 0.6) is 5.75 Å². The zero-order valence-electron chi connectivity index (χ0n) is 19.9. The number of hydrogen-bond acceptors (Lipinski definition) is 4. The van der Waals surface area contributed by atoms with Crippen molar-refractivity contribution < 1.29 is 18.3 Å². The van der Waals surface area contributed by atoms with E-state index in [-0.39, 0.29) is 23.2 Å². The normalized spacial score (nSPS) is 13.6. The molecule has 4 aromatic rings. The maximum atomic E-state index is 13.5. The number of piperazine rings is 1. The maximum Gasteiger partial charge on any atom is 0.274 e. The van der Waals surface area contributed by atoms with Crippen LogP contribution in [-0.2, 0) is 0 Å². The molecule has 1 fully saturated rings. The lowest BCUT2D eigenvalue weighted by Gasteiger charge is -2.36. The fourth-order valence-corrected chi connectivity index (χ4v) is 4.39. The molecule has 0 N–H and O–H groups in total. The highest BCUT2D eigenvalue weighted by atomic mass is 19.1. The lowest BCUT2D eigenvalue weighted by molar-refractivity contribution is 0.0741. The third-order valence-corrected chi connectivity index (χ3v) is 6.20. The number of amides is 1. The van der Waals surface area contributed by atoms with Gasteiger partial charge < -0.3 is 14.5 Å². The Labute approximate surface area is 208 Å². The zero-order chi connectivity index (χ0) is 25.1. The Kier molecular flexibility index (Phi) is 6.66. The summed E-state index contributed by atoms with van der Waals surface area (Å²) in [7, 11) is 0. The molecule has 0 spiro atoms. The van der Waals surface area contributed by atoms with E-state index >= 15 is 0 Å². The molecule has 3 aromatic carbocycles. The first kappa shape index (κ1) is 23.5. The third kappa shape index (κ3) is 4.79. The Hall–Kier alpha value is -4.20. The van der Waals surface area contributed by atoms with E-state index in [0.29, 0.717) is 49.9 Å². The minimum absolute atomic E-state index is 0.183. The highest BCUT2D eigenvalue weighted by Crippen LogP contribution is 2.29. The maximum absolute atomic E-state index is 13.5. The molecule has 8 heteroatoms. The summed E-state index contributed by atoms with van der Waals surface area (Å²) in [5.74, 6) is 0.411. The number of rotatable bonds is 6. The second-order valence-corrected chi connectivity index (χ2v) is 8.48. The van der Waals surface area contributed by atoms with Crippen LogP contribution in [0.2, 0.25) is 0 Å². The molecule has 0 atom stereocenters. The van der Waals surface area contributed by atoms with Crippen molar-refractivity contribution in [2.45, 2.75) is 6.92 Å². The molecule has 0 bridgehead atoms. The van der Waals surface area contributed by atoms with Crippen LogP contribution >= 0.6 is 0 Å². The summed E-state index contributed by atoms with van der Waals surface area (Å²) in [6, 6.07) is 19.8. The molecule has 184 valence electrons. The highest BCUT2D eigenvalue weighted by molar-refractivity contribution is 5.93. The van der Waals surface area contributed by atoms with Crippen molar-refractivity contribution in [1.29, 1.82) is 0 Å². The molecule has 1 aliphatic rings. The van der Waals surface area contributed by atoms with Crippen molar-refractivity contribution in [2.75, 3.05) is 37.7 Å². The Bertz CT molecular complexity index is 1280. The predicted molar refractivity (Wildman–Crippen MR) is 135 cm³/mol. The van der Waals surface area contributed by atoms with Gasteiger partial charge in [0, 0.05) is 43.6 Å². The summed E-state index contributed by atoms with van der Waals surface area (Å²) in [5, 5.41) is 0. The Morgan fingerprint density at radius 2 is 1.53 bits per heavy atom. The van der Waals surface area contributed by atoms with E-state index in [4.69, 9.17) is 4.74 Å². The number of halogens is 2. The van der Waals surface area contributed by atoms with Gasteiger partial charge in [-0.15, -0.1) is 0 Å². The summed E-state index contributed by atoms with van der Waals surface area (Å²) in [6.45, 7) is 4.95. The molecule has 0 aliphatic carbocycles. The van der Waals surface area contributed by atoms with Crippen LogP contribution in [0.1, 0.15) is 17.4 Å². The molecule has 6 nitrogen and oxygen atoms in total. The van der Waals surface area contributed by atoms with Crippen LogP contribution < -0.4 is 9.64 Å². The molecule has 1 aromatic heterocycles. The smallest absolute Gasteiger partial charge is 0.274 e. The van der Waals surface area contributed by atoms with Crippen LogP contribution in [-0.4, -0.2) is 53.1 Å². The van der Waals surface area contributed by atoms with Crippen molar-refractivity contribution in [2.24, 2.45) is 0 Å². The number of hydrogen-bond donors (Lipinski definition) is 0. The van der Waals surface area contributed by atoms with E-state index in [1.165, 1.54) is 24.3 Å². The van der Waals surface area contributed by atoms with Crippen LogP contribution in [0.4, 0.5) is 14.5 Å². The number of aromatic nitrogens is 2. The van der Waals surface area contributed by atoms with E-state index in [1.54, 1.807) is 39.9 Å². The Balaban J connectivity index is 1.39. The van der Waals surface area contributed by atoms with Crippen LogP contribution in [0.15, 0.2) is 79.0 Å². The van der Waals surface area contributed by atoms with E-state index in [0.717, 1.165) is 11.4 Å². The second-order valence-electron chi connectivity index (χ2n) is 8.48. The molecular weight excluding hydrogens is 462 g/mol. The molecule has 0 unspecified atom stereocenters. The number of anilines is 1. The monoisotopic (exact) mass is 488 g/mol. The molecule has 0 radical (unpaired) electrons. The van der Waals surface area contributed by atoms with Gasteiger partial charge in [-0.2, -0.15) is 0 Å². The summed E-state index contributed by atoms with van der Waals surface area (Å²) in [4.78, 5) is 22.1. The first-order valence-corrected chi connectivity index (χ1v) is 11.9. The molecule has 1 aliphatic heterocycles. The van der Waals surface area contributed by atoms with E-state index in [2.05, 4.69) is 9.88 Å². The summed E-state index contributed by atoms with van der Waals surface area (Å²) >= 11 is 0. The van der Waals surface area contributed by atoms with Gasteiger partial charge in [0.2, 0.25) is 0 Å². The minimum atomic E-state index is -0.362. The SMILES string of the molecule is CCOc1ccccc1N1CCN(C(=O)c2cn(-c3ccc(F)cc3)c(-c3ccc(F)cc3)n2)CC1. The third-order valence-electron chi connectivity index (χ3n) is 6.20. The van der Waals surface area contributed by atoms with Gasteiger partial charge in [0.1, 0.15) is 28.9 Å².